The van der Waals surface area contributed by atoms with Crippen LogP contribution in [-0.2, 0) is 12.8 Å². The predicted molar refractivity (Wildman–Crippen MR) is 252 cm³/mol. The Morgan fingerprint density at radius 2 is 1.03 bits per heavy atom. The summed E-state index contributed by atoms with van der Waals surface area (Å²) < 4.78 is 7.45. The summed E-state index contributed by atoms with van der Waals surface area (Å²) in [5, 5.41) is 0. The molecule has 0 aromatic heterocycles. The molecule has 0 N–H and O–H groups in total. The number of anilines is 7. The molecule has 0 spiro atoms. The fraction of sp³-hybridized carbons (Fsp3) is 0.333. The summed E-state index contributed by atoms with van der Waals surface area (Å²) in [6.07, 6.45) is 17.9. The van der Waals surface area contributed by atoms with Gasteiger partial charge < -0.3 is 19.4 Å². The molecule has 2 saturated carbocycles. The van der Waals surface area contributed by atoms with Crippen LogP contribution in [0.1, 0.15) is 111 Å². The standard InChI is InChI=1S/C54H51B2N3O/c1-4-14-34(15-5-1)38-28-46-51-48(30-38)59(40-22-8-3-9-23-40)45-33-49-44(32-43(45)55(51)41-24-10-18-36-20-12-26-57(46)53(36)41)56-42-25-11-19-37-21-13-27-58(54(37)42)47-29-39(31-50(60-49)52(47)56)35-16-6-2-7-17-35/h3,8-11,18-19,22-25,28-35H,1-2,4-7,12-17,20-21,26-27H2. The zero-order chi connectivity index (χ0) is 39.1. The van der Waals surface area contributed by atoms with Gasteiger partial charge in [0, 0.05) is 59.0 Å². The van der Waals surface area contributed by atoms with Gasteiger partial charge in [-0.3, -0.25) is 0 Å². The van der Waals surface area contributed by atoms with Crippen molar-refractivity contribution in [1.82, 2.24) is 0 Å². The molecule has 60 heavy (non-hydrogen) atoms. The number of ether oxygens (including phenoxy) is 1. The van der Waals surface area contributed by atoms with Gasteiger partial charge in [-0.25, -0.2) is 0 Å². The zero-order valence-electron chi connectivity index (χ0n) is 34.7. The van der Waals surface area contributed by atoms with E-state index in [1.807, 2.05) is 0 Å². The van der Waals surface area contributed by atoms with Crippen molar-refractivity contribution >= 4 is 86.0 Å². The smallest absolute Gasteiger partial charge is 0.256 e. The number of benzene rings is 6. The number of hydrogen-bond donors (Lipinski definition) is 0. The van der Waals surface area contributed by atoms with E-state index in [1.165, 1.54) is 172 Å². The van der Waals surface area contributed by atoms with E-state index in [0.717, 1.165) is 37.4 Å². The normalized spacial score (nSPS) is 19.4. The predicted octanol–water partition coefficient (Wildman–Crippen LogP) is 9.50. The highest BCUT2D eigenvalue weighted by Crippen LogP contribution is 2.49. The van der Waals surface area contributed by atoms with Gasteiger partial charge in [0.15, 0.2) is 0 Å². The zero-order valence-corrected chi connectivity index (χ0v) is 34.7. The van der Waals surface area contributed by atoms with Crippen molar-refractivity contribution in [1.29, 1.82) is 0 Å². The number of hydrogen-bond acceptors (Lipinski definition) is 4. The van der Waals surface area contributed by atoms with Crippen LogP contribution in [0.25, 0.3) is 0 Å². The molecule has 2 aliphatic carbocycles. The van der Waals surface area contributed by atoms with Crippen LogP contribution >= 0.6 is 0 Å². The lowest BCUT2D eigenvalue weighted by molar-refractivity contribution is 0.440. The molecule has 6 aliphatic heterocycles. The molecule has 14 rings (SSSR count). The van der Waals surface area contributed by atoms with E-state index in [-0.39, 0.29) is 13.4 Å². The molecular formula is C54H51B2N3O. The summed E-state index contributed by atoms with van der Waals surface area (Å²) in [4.78, 5) is 8.06. The molecule has 294 valence electrons. The van der Waals surface area contributed by atoms with Gasteiger partial charge in [-0.1, -0.05) is 99.2 Å². The van der Waals surface area contributed by atoms with Crippen LogP contribution in [-0.4, -0.2) is 26.5 Å². The maximum atomic E-state index is 7.45. The van der Waals surface area contributed by atoms with Crippen LogP contribution in [0.15, 0.2) is 103 Å². The average molecular weight is 780 g/mol. The highest BCUT2D eigenvalue weighted by molar-refractivity contribution is 7.02. The monoisotopic (exact) mass is 779 g/mol. The highest BCUT2D eigenvalue weighted by Gasteiger charge is 2.48. The summed E-state index contributed by atoms with van der Waals surface area (Å²) in [6, 6.07) is 41.1. The molecule has 2 fully saturated rings. The topological polar surface area (TPSA) is 19.0 Å². The Kier molecular flexibility index (Phi) is 7.49. The first-order valence-corrected chi connectivity index (χ1v) is 23.6. The Hall–Kier alpha value is -5.35. The third-order valence-corrected chi connectivity index (χ3v) is 16.2. The van der Waals surface area contributed by atoms with Crippen LogP contribution < -0.4 is 52.2 Å². The van der Waals surface area contributed by atoms with E-state index in [9.17, 15) is 0 Å². The van der Waals surface area contributed by atoms with Crippen molar-refractivity contribution in [3.8, 4) is 11.5 Å². The van der Waals surface area contributed by atoms with Crippen molar-refractivity contribution in [2.45, 2.75) is 102 Å². The molecule has 6 heteroatoms. The first-order chi connectivity index (χ1) is 29.8. The van der Waals surface area contributed by atoms with Gasteiger partial charge in [0.25, 0.3) is 13.4 Å². The van der Waals surface area contributed by atoms with Gasteiger partial charge in [0.1, 0.15) is 11.5 Å². The minimum Gasteiger partial charge on any atom is -0.458 e. The summed E-state index contributed by atoms with van der Waals surface area (Å²) in [7, 11) is 0. The van der Waals surface area contributed by atoms with E-state index in [4.69, 9.17) is 4.74 Å². The van der Waals surface area contributed by atoms with Crippen molar-refractivity contribution < 1.29 is 4.74 Å². The minimum atomic E-state index is 0.123. The van der Waals surface area contributed by atoms with Gasteiger partial charge in [-0.2, -0.15) is 0 Å². The summed E-state index contributed by atoms with van der Waals surface area (Å²) in [6.45, 7) is 2.41. The molecule has 0 radical (unpaired) electrons. The summed E-state index contributed by atoms with van der Waals surface area (Å²) in [5.41, 5.74) is 24.2. The van der Waals surface area contributed by atoms with Gasteiger partial charge in [-0.15, -0.1) is 0 Å². The molecule has 0 saturated heterocycles. The van der Waals surface area contributed by atoms with Crippen molar-refractivity contribution in [3.63, 3.8) is 0 Å². The van der Waals surface area contributed by atoms with Crippen molar-refractivity contribution in [2.75, 3.05) is 27.8 Å². The Morgan fingerprint density at radius 1 is 0.450 bits per heavy atom. The Labute approximate surface area is 355 Å². The van der Waals surface area contributed by atoms with Crippen LogP contribution in [0.5, 0.6) is 11.5 Å². The first kappa shape index (κ1) is 34.4. The molecular weight excluding hydrogens is 728 g/mol. The first-order valence-electron chi connectivity index (χ1n) is 23.6. The van der Waals surface area contributed by atoms with Crippen LogP contribution in [0.4, 0.5) is 39.8 Å². The maximum Gasteiger partial charge on any atom is 0.256 e. The molecule has 8 aliphatic rings. The molecule has 0 amide bonds. The molecule has 0 unspecified atom stereocenters. The summed E-state index contributed by atoms with van der Waals surface area (Å²) in [5.74, 6) is 3.33. The van der Waals surface area contributed by atoms with Gasteiger partial charge in [0.2, 0.25) is 0 Å². The largest absolute Gasteiger partial charge is 0.458 e. The molecule has 0 atom stereocenters. The van der Waals surface area contributed by atoms with Crippen LogP contribution in [0.2, 0.25) is 0 Å². The minimum absolute atomic E-state index is 0.123. The second-order valence-electron chi connectivity index (χ2n) is 19.4. The number of para-hydroxylation sites is 3. The number of rotatable bonds is 3. The lowest BCUT2D eigenvalue weighted by Gasteiger charge is -2.47. The number of aryl methyl sites for hydroxylation is 2. The summed E-state index contributed by atoms with van der Waals surface area (Å²) >= 11 is 0. The molecule has 4 nitrogen and oxygen atoms in total. The van der Waals surface area contributed by atoms with Gasteiger partial charge >= 0.3 is 0 Å². The Morgan fingerprint density at radius 3 is 1.68 bits per heavy atom. The van der Waals surface area contributed by atoms with Crippen molar-refractivity contribution in [2.24, 2.45) is 0 Å². The lowest BCUT2D eigenvalue weighted by Crippen LogP contribution is -2.65. The quantitative estimate of drug-likeness (QED) is 0.167. The fourth-order valence-electron chi connectivity index (χ4n) is 13.6. The molecule has 6 aromatic rings. The van der Waals surface area contributed by atoms with Gasteiger partial charge in [0.05, 0.1) is 0 Å². The molecule has 0 bridgehead atoms. The number of nitrogens with zero attached hydrogens (tertiary/aromatic N) is 3. The average Bonchev–Trinajstić information content (AvgIpc) is 3.31. The second kappa shape index (κ2) is 13.1. The Balaban J connectivity index is 1.05. The highest BCUT2D eigenvalue weighted by atomic mass is 16.5. The third-order valence-electron chi connectivity index (χ3n) is 16.2. The third kappa shape index (κ3) is 4.82. The van der Waals surface area contributed by atoms with E-state index in [0.29, 0.717) is 11.8 Å². The number of fused-ring (bicyclic) bond motifs is 8. The second-order valence-corrected chi connectivity index (χ2v) is 19.4. The van der Waals surface area contributed by atoms with E-state index < -0.39 is 0 Å². The Bertz CT molecular complexity index is 2770. The maximum absolute atomic E-state index is 7.45. The SMILES string of the molecule is c1ccc(N2c3cc4c(cc3B3c5cccc6c5N(CCC6)c5cc(C6CCCCC6)cc2c53)B2c3cccc5c3N(CCC5)c3cc(C5CCCCC5)cc(c32)O4)cc1. The van der Waals surface area contributed by atoms with Crippen LogP contribution in [0.3, 0.4) is 0 Å². The van der Waals surface area contributed by atoms with Crippen molar-refractivity contribution in [3.05, 3.63) is 125 Å². The van der Waals surface area contributed by atoms with E-state index in [1.54, 1.807) is 0 Å². The molecule has 6 aromatic carbocycles. The lowest BCUT2D eigenvalue weighted by atomic mass is 9.30. The van der Waals surface area contributed by atoms with Gasteiger partial charge in [-0.05, 0) is 155 Å². The molecule has 6 heterocycles. The van der Waals surface area contributed by atoms with E-state index >= 15 is 0 Å². The fourth-order valence-corrected chi connectivity index (χ4v) is 13.6. The van der Waals surface area contributed by atoms with E-state index in [2.05, 4.69) is 118 Å². The van der Waals surface area contributed by atoms with Crippen LogP contribution in [0, 0.1) is 0 Å².